The number of methoxy groups -OCH3 is 1. The lowest BCUT2D eigenvalue weighted by Crippen LogP contribution is -2.40. The molecule has 0 spiro atoms. The Balaban J connectivity index is 0.000000519. The number of ether oxygens (including phenoxy) is 2. The normalized spacial score (nSPS) is 18.1. The number of nitriles is 1. The van der Waals surface area contributed by atoms with Crippen molar-refractivity contribution in [2.45, 2.75) is 63.7 Å². The first-order valence-electron chi connectivity index (χ1n) is 13.1. The van der Waals surface area contributed by atoms with Crippen LogP contribution in [0.1, 0.15) is 65.7 Å². The van der Waals surface area contributed by atoms with Crippen molar-refractivity contribution >= 4 is 35.5 Å². The summed E-state index contributed by atoms with van der Waals surface area (Å²) in [7, 11) is 1.78. The third-order valence-electron chi connectivity index (χ3n) is 6.98. The molecule has 39 heavy (non-hydrogen) atoms. The summed E-state index contributed by atoms with van der Waals surface area (Å²) in [4.78, 5) is 46.8. The van der Waals surface area contributed by atoms with Gasteiger partial charge in [0.25, 0.3) is 0 Å². The molecule has 12 nitrogen and oxygen atoms in total. The highest BCUT2D eigenvalue weighted by molar-refractivity contribution is 6.01. The van der Waals surface area contributed by atoms with Crippen LogP contribution in [0.3, 0.4) is 0 Å². The first-order valence-corrected chi connectivity index (χ1v) is 13.1. The largest absolute Gasteiger partial charge is 0.398 e. The van der Waals surface area contributed by atoms with Gasteiger partial charge in [0.05, 0.1) is 17.4 Å². The van der Waals surface area contributed by atoms with Crippen LogP contribution in [0.5, 0.6) is 0 Å². The van der Waals surface area contributed by atoms with E-state index in [1.807, 2.05) is 6.07 Å². The first kappa shape index (κ1) is 27.9. The first-order chi connectivity index (χ1) is 18.9. The minimum Gasteiger partial charge on any atom is -0.398 e. The zero-order valence-corrected chi connectivity index (χ0v) is 21.9. The van der Waals surface area contributed by atoms with Crippen molar-refractivity contribution in [3.8, 4) is 6.07 Å². The van der Waals surface area contributed by atoms with Gasteiger partial charge in [-0.2, -0.15) is 5.26 Å². The van der Waals surface area contributed by atoms with E-state index < -0.39 is 12.1 Å². The number of fused-ring (bicyclic) bond motifs is 1. The molecule has 2 aromatic heterocycles. The number of amides is 3. The average Bonchev–Trinajstić information content (AvgIpc) is 3.46. The number of rotatable bonds is 6. The number of nitrogens with one attached hydrogen (secondary N) is 2. The van der Waals surface area contributed by atoms with Crippen LogP contribution < -0.4 is 21.3 Å². The van der Waals surface area contributed by atoms with E-state index in [0.29, 0.717) is 56.2 Å². The third kappa shape index (κ3) is 6.87. The van der Waals surface area contributed by atoms with E-state index in [0.717, 1.165) is 12.0 Å². The summed E-state index contributed by atoms with van der Waals surface area (Å²) in [6, 6.07) is 4.65. The minimum atomic E-state index is -0.476. The number of carbonyl (C=O) groups excluding carboxylic acids is 3. The Morgan fingerprint density at radius 3 is 2.69 bits per heavy atom. The number of aldehydes is 1. The molecule has 0 radical (unpaired) electrons. The predicted molar refractivity (Wildman–Crippen MR) is 143 cm³/mol. The number of carbonyl (C=O) groups is 3. The van der Waals surface area contributed by atoms with E-state index in [9.17, 15) is 14.4 Å². The van der Waals surface area contributed by atoms with Crippen LogP contribution >= 0.6 is 0 Å². The molecule has 1 aliphatic carbocycles. The van der Waals surface area contributed by atoms with Crippen molar-refractivity contribution in [1.82, 2.24) is 15.3 Å². The van der Waals surface area contributed by atoms with Crippen LogP contribution in [0.2, 0.25) is 0 Å². The van der Waals surface area contributed by atoms with Gasteiger partial charge in [0.1, 0.15) is 29.5 Å². The molecule has 3 aliphatic rings. The van der Waals surface area contributed by atoms with Crippen LogP contribution in [0.15, 0.2) is 18.3 Å². The summed E-state index contributed by atoms with van der Waals surface area (Å²) >= 11 is 0. The van der Waals surface area contributed by atoms with E-state index in [2.05, 4.69) is 20.6 Å². The van der Waals surface area contributed by atoms with Gasteiger partial charge in [0, 0.05) is 44.6 Å². The summed E-state index contributed by atoms with van der Waals surface area (Å²) in [5.74, 6) is 0.377. The van der Waals surface area contributed by atoms with Gasteiger partial charge < -0.3 is 20.5 Å². The Bertz CT molecular complexity index is 1250. The number of hydrogen-bond donors (Lipinski definition) is 3. The standard InChI is InChI=1S/C22H23N7O4.C5H10O/c23-9-15-11-25-19(8-16(15)24)28-22(32)29-5-1-3-13-7-14(17(12-30)27-20(13)29)10-26-21(31)18-4-2-6-33-18;1-6-5-3-2-4-5/h7-8,11-12,18H,1-6,10H2,(H,26,31)(H3,24,25,28,32);5H,2-4H2,1H3. The van der Waals surface area contributed by atoms with E-state index in [1.165, 1.54) is 36.4 Å². The zero-order valence-electron chi connectivity index (χ0n) is 21.9. The Hall–Kier alpha value is -4.08. The lowest BCUT2D eigenvalue weighted by atomic mass is 9.96. The summed E-state index contributed by atoms with van der Waals surface area (Å²) in [5, 5.41) is 14.4. The lowest BCUT2D eigenvalue weighted by Gasteiger charge is -2.29. The second kappa shape index (κ2) is 13.1. The highest BCUT2D eigenvalue weighted by Gasteiger charge is 2.27. The molecule has 4 N–H and O–H groups in total. The summed E-state index contributed by atoms with van der Waals surface area (Å²) in [5.41, 5.74) is 7.75. The summed E-state index contributed by atoms with van der Waals surface area (Å²) < 4.78 is 10.4. The zero-order chi connectivity index (χ0) is 27.8. The fourth-order valence-corrected chi connectivity index (χ4v) is 4.50. The smallest absolute Gasteiger partial charge is 0.328 e. The second-order valence-electron chi connectivity index (χ2n) is 9.60. The molecule has 1 atom stereocenters. The number of nitrogens with two attached hydrogens (primary N) is 1. The molecule has 0 aromatic carbocycles. The predicted octanol–water partition coefficient (Wildman–Crippen LogP) is 2.71. The van der Waals surface area contributed by atoms with Gasteiger partial charge in [-0.15, -0.1) is 0 Å². The topological polar surface area (TPSA) is 173 Å². The lowest BCUT2D eigenvalue weighted by molar-refractivity contribution is -0.130. The monoisotopic (exact) mass is 535 g/mol. The quantitative estimate of drug-likeness (QED) is 0.470. The summed E-state index contributed by atoms with van der Waals surface area (Å²) in [6.45, 7) is 1.12. The van der Waals surface area contributed by atoms with Crippen molar-refractivity contribution in [3.05, 3.63) is 40.7 Å². The molecule has 12 heteroatoms. The van der Waals surface area contributed by atoms with Gasteiger partial charge in [-0.1, -0.05) is 0 Å². The molecule has 5 rings (SSSR count). The Kier molecular flexibility index (Phi) is 9.40. The van der Waals surface area contributed by atoms with E-state index in [1.54, 1.807) is 13.2 Å². The number of anilines is 3. The van der Waals surface area contributed by atoms with Gasteiger partial charge in [-0.25, -0.2) is 14.8 Å². The number of nitrogen functional groups attached to an aromatic ring is 1. The molecule has 1 saturated heterocycles. The van der Waals surface area contributed by atoms with Crippen molar-refractivity contribution in [3.63, 3.8) is 0 Å². The average molecular weight is 536 g/mol. The molecular weight excluding hydrogens is 502 g/mol. The minimum absolute atomic E-state index is 0.147. The third-order valence-corrected chi connectivity index (χ3v) is 6.98. The Morgan fingerprint density at radius 1 is 1.28 bits per heavy atom. The SMILES string of the molecule is COC1CCC1.N#Cc1cnc(NC(=O)N2CCCc3cc(CNC(=O)C4CCCO4)c(C=O)nc32)cc1N. The van der Waals surface area contributed by atoms with Gasteiger partial charge in [0.15, 0.2) is 6.29 Å². The number of aromatic nitrogens is 2. The highest BCUT2D eigenvalue weighted by atomic mass is 16.5. The van der Waals surface area contributed by atoms with Crippen LogP contribution in [0.4, 0.5) is 22.1 Å². The fraction of sp³-hybridized carbons (Fsp3) is 0.481. The van der Waals surface area contributed by atoms with Crippen LogP contribution in [0, 0.1) is 11.3 Å². The molecule has 1 unspecified atom stereocenters. The van der Waals surface area contributed by atoms with Crippen molar-refractivity contribution < 1.29 is 23.9 Å². The van der Waals surface area contributed by atoms with E-state index >= 15 is 0 Å². The number of hydrogen-bond acceptors (Lipinski definition) is 9. The molecule has 1 saturated carbocycles. The maximum Gasteiger partial charge on any atom is 0.328 e. The van der Waals surface area contributed by atoms with Crippen molar-refractivity contribution in [2.24, 2.45) is 0 Å². The van der Waals surface area contributed by atoms with Crippen LogP contribution in [0.25, 0.3) is 0 Å². The molecular formula is C27H33N7O5. The maximum atomic E-state index is 12.9. The number of pyridine rings is 2. The fourth-order valence-electron chi connectivity index (χ4n) is 4.50. The number of urea groups is 1. The van der Waals surface area contributed by atoms with E-state index in [-0.39, 0.29) is 35.2 Å². The Labute approximate surface area is 226 Å². The number of nitrogens with zero attached hydrogens (tertiary/aromatic N) is 4. The van der Waals surface area contributed by atoms with Crippen LogP contribution in [-0.4, -0.2) is 60.7 Å². The molecule has 2 fully saturated rings. The van der Waals surface area contributed by atoms with Gasteiger partial charge in [-0.05, 0) is 56.6 Å². The maximum absolute atomic E-state index is 12.9. The molecule has 2 aliphatic heterocycles. The van der Waals surface area contributed by atoms with Gasteiger partial charge in [0.2, 0.25) is 5.91 Å². The molecule has 4 heterocycles. The summed E-state index contributed by atoms with van der Waals surface area (Å²) in [6.07, 6.45) is 8.92. The molecule has 3 amide bonds. The molecule has 206 valence electrons. The molecule has 2 aromatic rings. The second-order valence-corrected chi connectivity index (χ2v) is 9.60. The molecule has 0 bridgehead atoms. The Morgan fingerprint density at radius 2 is 2.10 bits per heavy atom. The van der Waals surface area contributed by atoms with Crippen molar-refractivity contribution in [1.29, 1.82) is 5.26 Å². The highest BCUT2D eigenvalue weighted by Crippen LogP contribution is 2.28. The van der Waals surface area contributed by atoms with Crippen LogP contribution in [-0.2, 0) is 27.2 Å². The van der Waals surface area contributed by atoms with Crippen molar-refractivity contribution in [2.75, 3.05) is 36.2 Å². The van der Waals surface area contributed by atoms with Gasteiger partial charge >= 0.3 is 6.03 Å². The van der Waals surface area contributed by atoms with E-state index in [4.69, 9.17) is 20.5 Å². The van der Waals surface area contributed by atoms with Gasteiger partial charge in [-0.3, -0.25) is 19.8 Å². The number of aryl methyl sites for hydroxylation is 1.